The molecule has 0 radical (unpaired) electrons. The molecule has 3 rings (SSSR count). The van der Waals surface area contributed by atoms with Gasteiger partial charge in [0.2, 0.25) is 0 Å². The summed E-state index contributed by atoms with van der Waals surface area (Å²) in [4.78, 5) is 2.34. The van der Waals surface area contributed by atoms with Crippen molar-refractivity contribution in [1.82, 2.24) is 4.90 Å². The number of halogens is 2. The Morgan fingerprint density at radius 1 is 1.15 bits per heavy atom. The average molecular weight is 334 g/mol. The summed E-state index contributed by atoms with van der Waals surface area (Å²) in [6.07, 6.45) is 1.15. The van der Waals surface area contributed by atoms with Gasteiger partial charge in [-0.15, -0.1) is 0 Å². The topological polar surface area (TPSA) is 3.24 Å². The number of nitrogens with zero attached hydrogens (tertiary/aromatic N) is 1. The van der Waals surface area contributed by atoms with Crippen molar-refractivity contribution in [1.29, 1.82) is 0 Å². The van der Waals surface area contributed by atoms with Crippen LogP contribution in [0.1, 0.15) is 23.5 Å². The Labute approximate surface area is 127 Å². The molecule has 1 aliphatic heterocycles. The molecule has 20 heavy (non-hydrogen) atoms. The van der Waals surface area contributed by atoms with Crippen LogP contribution in [0.15, 0.2) is 53.0 Å². The maximum absolute atomic E-state index is 13.9. The van der Waals surface area contributed by atoms with Gasteiger partial charge in [0, 0.05) is 23.1 Å². The molecular weight excluding hydrogens is 317 g/mol. The van der Waals surface area contributed by atoms with Crippen LogP contribution in [0.2, 0.25) is 0 Å². The summed E-state index contributed by atoms with van der Waals surface area (Å²) >= 11 is 3.30. The summed E-state index contributed by atoms with van der Waals surface area (Å²) in [5.41, 5.74) is 2.17. The van der Waals surface area contributed by atoms with E-state index in [1.54, 1.807) is 6.07 Å². The number of benzene rings is 2. The predicted octanol–water partition coefficient (Wildman–Crippen LogP) is 4.58. The van der Waals surface area contributed by atoms with Gasteiger partial charge < -0.3 is 0 Å². The van der Waals surface area contributed by atoms with Gasteiger partial charge in [0.25, 0.3) is 0 Å². The van der Waals surface area contributed by atoms with E-state index in [9.17, 15) is 4.39 Å². The minimum atomic E-state index is -0.123. The van der Waals surface area contributed by atoms with Gasteiger partial charge in [-0.1, -0.05) is 52.3 Å². The summed E-state index contributed by atoms with van der Waals surface area (Å²) in [7, 11) is 0. The monoisotopic (exact) mass is 333 g/mol. The van der Waals surface area contributed by atoms with Gasteiger partial charge in [-0.2, -0.15) is 0 Å². The first-order valence-electron chi connectivity index (χ1n) is 6.93. The SMILES string of the molecule is Fc1cc(Br)ccc1CN1CCC(c2ccccc2)C1. The summed E-state index contributed by atoms with van der Waals surface area (Å²) in [5, 5.41) is 0. The van der Waals surface area contributed by atoms with Crippen molar-refractivity contribution in [2.75, 3.05) is 13.1 Å². The van der Waals surface area contributed by atoms with Crippen LogP contribution in [0, 0.1) is 5.82 Å². The lowest BCUT2D eigenvalue weighted by molar-refractivity contribution is 0.321. The van der Waals surface area contributed by atoms with Gasteiger partial charge >= 0.3 is 0 Å². The fraction of sp³-hybridized carbons (Fsp3) is 0.294. The van der Waals surface area contributed by atoms with E-state index >= 15 is 0 Å². The van der Waals surface area contributed by atoms with Crippen LogP contribution in [0.4, 0.5) is 4.39 Å². The molecule has 0 aromatic heterocycles. The summed E-state index contributed by atoms with van der Waals surface area (Å²) in [6, 6.07) is 15.9. The molecular formula is C17H17BrFN. The molecule has 1 fully saturated rings. The minimum Gasteiger partial charge on any atom is -0.298 e. The lowest BCUT2D eigenvalue weighted by Crippen LogP contribution is -2.20. The van der Waals surface area contributed by atoms with Gasteiger partial charge in [-0.25, -0.2) is 4.39 Å². The molecule has 0 bridgehead atoms. The molecule has 2 aromatic carbocycles. The fourth-order valence-corrected chi connectivity index (χ4v) is 3.20. The predicted molar refractivity (Wildman–Crippen MR) is 83.2 cm³/mol. The summed E-state index contributed by atoms with van der Waals surface area (Å²) in [5.74, 6) is 0.456. The molecule has 0 saturated carbocycles. The Morgan fingerprint density at radius 3 is 2.70 bits per heavy atom. The normalized spacial score (nSPS) is 19.4. The summed E-state index contributed by atoms with van der Waals surface area (Å²) < 4.78 is 14.7. The van der Waals surface area contributed by atoms with E-state index < -0.39 is 0 Å². The summed E-state index contributed by atoms with van der Waals surface area (Å²) in [6.45, 7) is 2.75. The first kappa shape index (κ1) is 13.8. The second-order valence-corrected chi connectivity index (χ2v) is 6.28. The van der Waals surface area contributed by atoms with Crippen LogP contribution in [0.3, 0.4) is 0 Å². The Hall–Kier alpha value is -1.19. The molecule has 0 amide bonds. The van der Waals surface area contributed by atoms with Crippen molar-refractivity contribution in [3.63, 3.8) is 0 Å². The molecule has 1 saturated heterocycles. The third-order valence-electron chi connectivity index (χ3n) is 3.95. The van der Waals surface area contributed by atoms with Gasteiger partial charge in [0.15, 0.2) is 0 Å². The molecule has 1 unspecified atom stereocenters. The second-order valence-electron chi connectivity index (χ2n) is 5.37. The van der Waals surface area contributed by atoms with Gasteiger partial charge in [0.05, 0.1) is 0 Å². The van der Waals surface area contributed by atoms with Crippen molar-refractivity contribution < 1.29 is 4.39 Å². The zero-order valence-corrected chi connectivity index (χ0v) is 12.8. The van der Waals surface area contributed by atoms with Crippen LogP contribution in [0.5, 0.6) is 0 Å². The van der Waals surface area contributed by atoms with E-state index in [0.29, 0.717) is 12.5 Å². The first-order chi connectivity index (χ1) is 9.72. The van der Waals surface area contributed by atoms with E-state index in [4.69, 9.17) is 0 Å². The third kappa shape index (κ3) is 3.10. The Balaban J connectivity index is 1.66. The van der Waals surface area contributed by atoms with Crippen molar-refractivity contribution in [2.45, 2.75) is 18.9 Å². The fourth-order valence-electron chi connectivity index (χ4n) is 2.86. The largest absolute Gasteiger partial charge is 0.298 e. The molecule has 1 nitrogen and oxygen atoms in total. The van der Waals surface area contributed by atoms with Crippen LogP contribution >= 0.6 is 15.9 Å². The molecule has 0 N–H and O–H groups in total. The van der Waals surface area contributed by atoms with E-state index in [0.717, 1.165) is 29.5 Å². The Bertz CT molecular complexity index is 585. The average Bonchev–Trinajstić information content (AvgIpc) is 2.92. The number of hydrogen-bond acceptors (Lipinski definition) is 1. The Kier molecular flexibility index (Phi) is 4.18. The van der Waals surface area contributed by atoms with Gasteiger partial charge in [-0.05, 0) is 36.6 Å². The van der Waals surface area contributed by atoms with Crippen LogP contribution in [-0.4, -0.2) is 18.0 Å². The van der Waals surface area contributed by atoms with Crippen LogP contribution in [-0.2, 0) is 6.54 Å². The number of hydrogen-bond donors (Lipinski definition) is 0. The van der Waals surface area contributed by atoms with Crippen molar-refractivity contribution in [3.05, 3.63) is 69.9 Å². The van der Waals surface area contributed by atoms with Crippen molar-refractivity contribution >= 4 is 15.9 Å². The highest BCUT2D eigenvalue weighted by atomic mass is 79.9. The first-order valence-corrected chi connectivity index (χ1v) is 7.73. The quantitative estimate of drug-likeness (QED) is 0.794. The molecule has 1 heterocycles. The molecule has 2 aromatic rings. The van der Waals surface area contributed by atoms with Crippen molar-refractivity contribution in [3.8, 4) is 0 Å². The highest BCUT2D eigenvalue weighted by Gasteiger charge is 2.24. The third-order valence-corrected chi connectivity index (χ3v) is 4.45. The lowest BCUT2D eigenvalue weighted by Gasteiger charge is -2.17. The lowest BCUT2D eigenvalue weighted by atomic mass is 9.99. The number of likely N-dealkylation sites (tertiary alicyclic amines) is 1. The highest BCUT2D eigenvalue weighted by Crippen LogP contribution is 2.28. The maximum atomic E-state index is 13.9. The van der Waals surface area contributed by atoms with E-state index in [1.165, 1.54) is 5.56 Å². The van der Waals surface area contributed by atoms with Crippen molar-refractivity contribution in [2.24, 2.45) is 0 Å². The van der Waals surface area contributed by atoms with Gasteiger partial charge in [0.1, 0.15) is 5.82 Å². The van der Waals surface area contributed by atoms with E-state index in [-0.39, 0.29) is 5.82 Å². The zero-order valence-electron chi connectivity index (χ0n) is 11.2. The molecule has 0 aliphatic carbocycles. The number of rotatable bonds is 3. The maximum Gasteiger partial charge on any atom is 0.128 e. The zero-order chi connectivity index (χ0) is 13.9. The second kappa shape index (κ2) is 6.06. The molecule has 0 spiro atoms. The molecule has 3 heteroatoms. The van der Waals surface area contributed by atoms with E-state index in [2.05, 4.69) is 45.1 Å². The van der Waals surface area contributed by atoms with Crippen LogP contribution in [0.25, 0.3) is 0 Å². The standard InChI is InChI=1S/C17H17BrFN/c18-16-7-6-15(17(19)10-16)12-20-9-8-14(11-20)13-4-2-1-3-5-13/h1-7,10,14H,8-9,11-12H2. The minimum absolute atomic E-state index is 0.123. The van der Waals surface area contributed by atoms with Gasteiger partial charge in [-0.3, -0.25) is 4.90 Å². The van der Waals surface area contributed by atoms with E-state index in [1.807, 2.05) is 18.2 Å². The molecule has 1 atom stereocenters. The highest BCUT2D eigenvalue weighted by molar-refractivity contribution is 9.10. The smallest absolute Gasteiger partial charge is 0.128 e. The molecule has 104 valence electrons. The molecule has 1 aliphatic rings. The Morgan fingerprint density at radius 2 is 1.95 bits per heavy atom. The van der Waals surface area contributed by atoms with Crippen LogP contribution < -0.4 is 0 Å².